The van der Waals surface area contributed by atoms with Gasteiger partial charge < -0.3 is 19.9 Å². The van der Waals surface area contributed by atoms with E-state index in [1.165, 1.54) is 20.4 Å². The van der Waals surface area contributed by atoms with Gasteiger partial charge in [-0.3, -0.25) is 4.98 Å². The van der Waals surface area contributed by atoms with Crippen LogP contribution in [0.2, 0.25) is 5.02 Å². The van der Waals surface area contributed by atoms with Crippen LogP contribution < -0.4 is 19.9 Å². The number of hydrogen-bond donors (Lipinski definition) is 1. The molecule has 3 rings (SSSR count). The van der Waals surface area contributed by atoms with Crippen LogP contribution in [0.1, 0.15) is 5.56 Å². The number of halogens is 2. The number of nitrogens with zero attached hydrogens (tertiary/aromatic N) is 2. The van der Waals surface area contributed by atoms with Crippen molar-refractivity contribution in [2.24, 2.45) is 0 Å². The number of nitriles is 1. The molecule has 2 aromatic carbocycles. The van der Waals surface area contributed by atoms with E-state index >= 15 is 0 Å². The highest BCUT2D eigenvalue weighted by Gasteiger charge is 2.20. The molecular weight excluding hydrogens is 361 g/mol. The molecule has 0 fully saturated rings. The second kappa shape index (κ2) is 6.94. The summed E-state index contributed by atoms with van der Waals surface area (Å²) in [5, 5.41) is 9.82. The van der Waals surface area contributed by atoms with Crippen LogP contribution in [0.15, 0.2) is 30.5 Å². The van der Waals surface area contributed by atoms with Gasteiger partial charge in [0.25, 0.3) is 0 Å². The first kappa shape index (κ1) is 17.6. The van der Waals surface area contributed by atoms with Gasteiger partial charge >= 0.3 is 0 Å². The van der Waals surface area contributed by atoms with Crippen molar-refractivity contribution >= 4 is 28.2 Å². The average molecular weight is 374 g/mol. The van der Waals surface area contributed by atoms with Gasteiger partial charge in [-0.25, -0.2) is 4.39 Å². The lowest BCUT2D eigenvalue weighted by molar-refractivity contribution is 0.366. The van der Waals surface area contributed by atoms with Crippen LogP contribution >= 0.6 is 11.6 Å². The average Bonchev–Trinajstić information content (AvgIpc) is 2.65. The molecule has 0 aliphatic heterocycles. The zero-order chi connectivity index (χ0) is 18.8. The van der Waals surface area contributed by atoms with Gasteiger partial charge in [0.15, 0.2) is 11.6 Å². The second-order valence-corrected chi connectivity index (χ2v) is 5.59. The third-order valence-corrected chi connectivity index (χ3v) is 4.11. The summed E-state index contributed by atoms with van der Waals surface area (Å²) in [6.07, 6.45) is 1.49. The predicted molar refractivity (Wildman–Crippen MR) is 95.5 cm³/mol. The number of benzene rings is 2. The van der Waals surface area contributed by atoms with E-state index in [-0.39, 0.29) is 28.0 Å². The first-order valence-corrected chi connectivity index (χ1v) is 7.74. The number of aromatic nitrogens is 1. The van der Waals surface area contributed by atoms with Gasteiger partial charge in [-0.1, -0.05) is 11.6 Å². The molecule has 0 radical (unpaired) electrons. The molecule has 0 bridgehead atoms. The maximum absolute atomic E-state index is 14.4. The van der Waals surface area contributed by atoms with E-state index in [2.05, 4.69) is 4.98 Å². The molecule has 0 saturated heterocycles. The molecule has 6 nitrogen and oxygen atoms in total. The van der Waals surface area contributed by atoms with Gasteiger partial charge in [0.2, 0.25) is 5.75 Å². The molecule has 0 atom stereocenters. The van der Waals surface area contributed by atoms with Crippen LogP contribution in [0, 0.1) is 17.1 Å². The fourth-order valence-electron chi connectivity index (χ4n) is 2.49. The molecular formula is C18H13ClFN3O3. The summed E-state index contributed by atoms with van der Waals surface area (Å²) in [6, 6.07) is 7.78. The van der Waals surface area contributed by atoms with Crippen LogP contribution in [0.25, 0.3) is 10.9 Å². The number of hydrogen-bond acceptors (Lipinski definition) is 6. The Bertz CT molecular complexity index is 1050. The van der Waals surface area contributed by atoms with Crippen LogP contribution in [0.5, 0.6) is 23.0 Å². The van der Waals surface area contributed by atoms with E-state index in [4.69, 9.17) is 31.5 Å². The second-order valence-electron chi connectivity index (χ2n) is 5.22. The Morgan fingerprint density at radius 1 is 1.15 bits per heavy atom. The van der Waals surface area contributed by atoms with Crippen molar-refractivity contribution in [2.45, 2.75) is 0 Å². The Labute approximate surface area is 153 Å². The minimum Gasteiger partial charge on any atom is -0.495 e. The first-order valence-electron chi connectivity index (χ1n) is 7.36. The predicted octanol–water partition coefficient (Wildman–Crippen LogP) is 4.29. The Morgan fingerprint density at radius 3 is 2.58 bits per heavy atom. The molecule has 132 valence electrons. The lowest BCUT2D eigenvalue weighted by Gasteiger charge is -2.15. The summed E-state index contributed by atoms with van der Waals surface area (Å²) in [6.45, 7) is 0. The van der Waals surface area contributed by atoms with Crippen molar-refractivity contribution in [1.29, 1.82) is 5.26 Å². The van der Waals surface area contributed by atoms with E-state index in [0.29, 0.717) is 22.2 Å². The van der Waals surface area contributed by atoms with E-state index in [1.807, 2.05) is 6.07 Å². The number of nitrogen functional groups attached to an aromatic ring is 1. The molecule has 1 heterocycles. The summed E-state index contributed by atoms with van der Waals surface area (Å²) in [5.74, 6) is -0.324. The molecule has 2 N–H and O–H groups in total. The summed E-state index contributed by atoms with van der Waals surface area (Å²) < 4.78 is 30.4. The number of pyridine rings is 1. The van der Waals surface area contributed by atoms with Crippen LogP contribution in [0.4, 0.5) is 10.1 Å². The van der Waals surface area contributed by atoms with Crippen molar-refractivity contribution in [3.05, 3.63) is 46.9 Å². The number of anilines is 1. The molecule has 0 spiro atoms. The standard InChI is InChI=1S/C18H13ClFN3O3/c1-24-15-7-13-10(5-9(15)8-21)14(3-4-23-13)26-17-11(20)6-12(22)16(19)18(17)25-2/h3-7H,22H2,1-2H3. The van der Waals surface area contributed by atoms with E-state index < -0.39 is 5.82 Å². The summed E-state index contributed by atoms with van der Waals surface area (Å²) >= 11 is 6.07. The molecule has 1 aromatic heterocycles. The van der Waals surface area contributed by atoms with E-state index in [0.717, 1.165) is 6.07 Å². The summed E-state index contributed by atoms with van der Waals surface area (Å²) in [5.41, 5.74) is 6.49. The minimum atomic E-state index is -0.734. The lowest BCUT2D eigenvalue weighted by Crippen LogP contribution is -1.99. The Morgan fingerprint density at radius 2 is 1.92 bits per heavy atom. The summed E-state index contributed by atoms with van der Waals surface area (Å²) in [7, 11) is 2.79. The first-order chi connectivity index (χ1) is 12.5. The van der Waals surface area contributed by atoms with Gasteiger partial charge in [0.05, 0.1) is 31.0 Å². The highest BCUT2D eigenvalue weighted by molar-refractivity contribution is 6.34. The zero-order valence-electron chi connectivity index (χ0n) is 13.8. The van der Waals surface area contributed by atoms with Crippen molar-refractivity contribution in [1.82, 2.24) is 4.98 Å². The smallest absolute Gasteiger partial charge is 0.206 e. The normalized spacial score (nSPS) is 10.4. The van der Waals surface area contributed by atoms with Gasteiger partial charge in [0, 0.05) is 23.7 Å². The molecule has 8 heteroatoms. The lowest BCUT2D eigenvalue weighted by atomic mass is 10.1. The van der Waals surface area contributed by atoms with E-state index in [1.54, 1.807) is 18.2 Å². The fraction of sp³-hybridized carbons (Fsp3) is 0.111. The molecule has 0 saturated carbocycles. The molecule has 0 aliphatic carbocycles. The van der Waals surface area contributed by atoms with Gasteiger partial charge in [-0.2, -0.15) is 5.26 Å². The molecule has 26 heavy (non-hydrogen) atoms. The molecule has 3 aromatic rings. The largest absolute Gasteiger partial charge is 0.495 e. The number of fused-ring (bicyclic) bond motifs is 1. The number of ether oxygens (including phenoxy) is 3. The maximum atomic E-state index is 14.4. The minimum absolute atomic E-state index is 0.0249. The van der Waals surface area contributed by atoms with Gasteiger partial charge in [0.1, 0.15) is 22.6 Å². The SMILES string of the molecule is COc1cc2nccc(Oc3c(F)cc(N)c(Cl)c3OC)c2cc1C#N. The third-order valence-electron chi connectivity index (χ3n) is 3.72. The number of nitrogens with two attached hydrogens (primary N) is 1. The van der Waals surface area contributed by atoms with Crippen LogP contribution in [-0.4, -0.2) is 19.2 Å². The molecule has 0 unspecified atom stereocenters. The Kier molecular flexibility index (Phi) is 4.69. The van der Waals surface area contributed by atoms with Crippen LogP contribution in [0.3, 0.4) is 0 Å². The van der Waals surface area contributed by atoms with Gasteiger partial charge in [-0.15, -0.1) is 0 Å². The zero-order valence-corrected chi connectivity index (χ0v) is 14.6. The Balaban J connectivity index is 2.19. The monoisotopic (exact) mass is 373 g/mol. The quantitative estimate of drug-likeness (QED) is 0.686. The van der Waals surface area contributed by atoms with Crippen molar-refractivity contribution in [2.75, 3.05) is 20.0 Å². The highest BCUT2D eigenvalue weighted by atomic mass is 35.5. The van der Waals surface area contributed by atoms with Crippen molar-refractivity contribution in [3.63, 3.8) is 0 Å². The van der Waals surface area contributed by atoms with E-state index in [9.17, 15) is 9.65 Å². The topological polar surface area (TPSA) is 90.4 Å². The Hall–Kier alpha value is -3.24. The van der Waals surface area contributed by atoms with Crippen molar-refractivity contribution in [3.8, 4) is 29.1 Å². The van der Waals surface area contributed by atoms with Crippen LogP contribution in [-0.2, 0) is 0 Å². The van der Waals surface area contributed by atoms with Gasteiger partial charge in [-0.05, 0) is 12.1 Å². The molecule has 0 amide bonds. The highest BCUT2D eigenvalue weighted by Crippen LogP contribution is 2.44. The number of rotatable bonds is 4. The maximum Gasteiger partial charge on any atom is 0.206 e. The summed E-state index contributed by atoms with van der Waals surface area (Å²) in [4.78, 5) is 4.22. The van der Waals surface area contributed by atoms with Crippen molar-refractivity contribution < 1.29 is 18.6 Å². The fourth-order valence-corrected chi connectivity index (χ4v) is 2.70. The third kappa shape index (κ3) is 2.91. The number of methoxy groups -OCH3 is 2. The molecule has 0 aliphatic rings.